The lowest BCUT2D eigenvalue weighted by atomic mass is 10.2. The summed E-state index contributed by atoms with van der Waals surface area (Å²) in [4.78, 5) is 26.0. The van der Waals surface area contributed by atoms with Crippen molar-refractivity contribution in [2.75, 3.05) is 12.4 Å². The predicted molar refractivity (Wildman–Crippen MR) is 94.9 cm³/mol. The van der Waals surface area contributed by atoms with Gasteiger partial charge in [-0.05, 0) is 44.0 Å². The molecule has 0 bridgehead atoms. The Balaban J connectivity index is 2.01. The second kappa shape index (κ2) is 7.97. The van der Waals surface area contributed by atoms with Crippen molar-refractivity contribution in [3.8, 4) is 5.75 Å². The maximum Gasteiger partial charge on any atom is 0.349 e. The van der Waals surface area contributed by atoms with Crippen LogP contribution in [-0.2, 0) is 16.0 Å². The number of esters is 1. The average molecular weight is 347 g/mol. The van der Waals surface area contributed by atoms with E-state index in [2.05, 4.69) is 5.32 Å². The molecule has 5 nitrogen and oxygen atoms in total. The van der Waals surface area contributed by atoms with E-state index < -0.39 is 18.0 Å². The number of aryl methyl sites for hydroxylation is 2. The van der Waals surface area contributed by atoms with Gasteiger partial charge in [0.15, 0.2) is 6.10 Å². The Morgan fingerprint density at radius 2 is 2.00 bits per heavy atom. The van der Waals surface area contributed by atoms with E-state index in [1.54, 1.807) is 25.1 Å². The lowest BCUT2D eigenvalue weighted by Crippen LogP contribution is -2.29. The van der Waals surface area contributed by atoms with Crippen LogP contribution in [0.4, 0.5) is 5.69 Å². The summed E-state index contributed by atoms with van der Waals surface area (Å²) in [6.45, 7) is 5.55. The number of amides is 1. The van der Waals surface area contributed by atoms with Crippen LogP contribution in [0.15, 0.2) is 30.3 Å². The molecule has 1 amide bonds. The number of thiophene rings is 1. The number of para-hydroxylation sites is 2. The molecule has 0 unspecified atom stereocenters. The first-order valence-corrected chi connectivity index (χ1v) is 8.52. The summed E-state index contributed by atoms with van der Waals surface area (Å²) < 4.78 is 10.5. The molecule has 0 radical (unpaired) electrons. The second-order valence-corrected chi connectivity index (χ2v) is 6.54. The molecule has 1 heterocycles. The molecule has 0 aliphatic heterocycles. The van der Waals surface area contributed by atoms with E-state index >= 15 is 0 Å². The molecule has 2 aromatic rings. The highest BCUT2D eigenvalue weighted by atomic mass is 32.1. The Bertz CT molecular complexity index is 738. The smallest absolute Gasteiger partial charge is 0.349 e. The topological polar surface area (TPSA) is 64.6 Å². The SMILES string of the molecule is CCc1cc(C(=O)O[C@@H](C)C(=O)Nc2ccccc2OC)sc1C. The molecular weight excluding hydrogens is 326 g/mol. The van der Waals surface area contributed by atoms with E-state index in [9.17, 15) is 9.59 Å². The Hall–Kier alpha value is -2.34. The first-order valence-electron chi connectivity index (χ1n) is 7.70. The zero-order valence-electron chi connectivity index (χ0n) is 14.2. The lowest BCUT2D eigenvalue weighted by molar-refractivity contribution is -0.123. The van der Waals surface area contributed by atoms with Gasteiger partial charge in [0, 0.05) is 4.88 Å². The maximum atomic E-state index is 12.2. The zero-order valence-corrected chi connectivity index (χ0v) is 15.0. The Morgan fingerprint density at radius 1 is 1.29 bits per heavy atom. The third-order valence-corrected chi connectivity index (χ3v) is 4.69. The normalized spacial score (nSPS) is 11.7. The summed E-state index contributed by atoms with van der Waals surface area (Å²) in [6.07, 6.45) is -0.0469. The number of hydrogen-bond acceptors (Lipinski definition) is 5. The Kier molecular flexibility index (Phi) is 5.98. The van der Waals surface area contributed by atoms with Crippen molar-refractivity contribution in [1.82, 2.24) is 0 Å². The number of carbonyl (C=O) groups is 2. The predicted octanol–water partition coefficient (Wildman–Crippen LogP) is 3.81. The third-order valence-electron chi connectivity index (χ3n) is 3.62. The van der Waals surface area contributed by atoms with Gasteiger partial charge in [-0.2, -0.15) is 0 Å². The van der Waals surface area contributed by atoms with Crippen molar-refractivity contribution in [1.29, 1.82) is 0 Å². The number of rotatable bonds is 6. The monoisotopic (exact) mass is 347 g/mol. The molecular formula is C18H21NO4S. The lowest BCUT2D eigenvalue weighted by Gasteiger charge is -2.14. The molecule has 0 spiro atoms. The summed E-state index contributed by atoms with van der Waals surface area (Å²) in [7, 11) is 1.53. The van der Waals surface area contributed by atoms with Gasteiger partial charge in [0.2, 0.25) is 0 Å². The fourth-order valence-corrected chi connectivity index (χ4v) is 3.22. The molecule has 128 valence electrons. The maximum absolute atomic E-state index is 12.2. The van der Waals surface area contributed by atoms with Crippen molar-refractivity contribution < 1.29 is 19.1 Å². The van der Waals surface area contributed by atoms with Crippen molar-refractivity contribution in [2.24, 2.45) is 0 Å². The van der Waals surface area contributed by atoms with Crippen LogP contribution in [0.3, 0.4) is 0 Å². The molecule has 2 rings (SSSR count). The minimum Gasteiger partial charge on any atom is -0.495 e. The third kappa shape index (κ3) is 4.14. The largest absolute Gasteiger partial charge is 0.495 e. The summed E-state index contributed by atoms with van der Waals surface area (Å²) in [5, 5.41) is 2.71. The summed E-state index contributed by atoms with van der Waals surface area (Å²) in [6, 6.07) is 8.89. The Morgan fingerprint density at radius 3 is 2.62 bits per heavy atom. The highest BCUT2D eigenvalue weighted by Crippen LogP contribution is 2.25. The first-order chi connectivity index (χ1) is 11.5. The molecule has 1 N–H and O–H groups in total. The van der Waals surface area contributed by atoms with Gasteiger partial charge in [-0.1, -0.05) is 19.1 Å². The molecule has 0 fully saturated rings. The molecule has 6 heteroatoms. The van der Waals surface area contributed by atoms with Crippen LogP contribution in [0.5, 0.6) is 5.75 Å². The van der Waals surface area contributed by atoms with Crippen LogP contribution in [0.1, 0.15) is 34.0 Å². The summed E-state index contributed by atoms with van der Waals surface area (Å²) >= 11 is 1.38. The van der Waals surface area contributed by atoms with E-state index in [4.69, 9.17) is 9.47 Å². The van der Waals surface area contributed by atoms with E-state index in [-0.39, 0.29) is 0 Å². The molecule has 0 aliphatic rings. The zero-order chi connectivity index (χ0) is 17.7. The van der Waals surface area contributed by atoms with Crippen LogP contribution in [-0.4, -0.2) is 25.1 Å². The van der Waals surface area contributed by atoms with Gasteiger partial charge in [0.1, 0.15) is 10.6 Å². The molecule has 1 aromatic heterocycles. The van der Waals surface area contributed by atoms with Crippen LogP contribution >= 0.6 is 11.3 Å². The van der Waals surface area contributed by atoms with Gasteiger partial charge in [0.25, 0.3) is 5.91 Å². The number of ether oxygens (including phenoxy) is 2. The first kappa shape index (κ1) is 18.0. The average Bonchev–Trinajstić information content (AvgIpc) is 2.96. The van der Waals surface area contributed by atoms with Crippen molar-refractivity contribution >= 4 is 28.9 Å². The molecule has 0 aliphatic carbocycles. The van der Waals surface area contributed by atoms with Crippen molar-refractivity contribution in [3.05, 3.63) is 45.6 Å². The van der Waals surface area contributed by atoms with Gasteiger partial charge < -0.3 is 14.8 Å². The molecule has 0 saturated heterocycles. The number of nitrogens with one attached hydrogen (secondary N) is 1. The minimum absolute atomic E-state index is 0.406. The molecule has 1 aromatic carbocycles. The van der Waals surface area contributed by atoms with Gasteiger partial charge in [-0.3, -0.25) is 4.79 Å². The van der Waals surface area contributed by atoms with Gasteiger partial charge in [0.05, 0.1) is 12.8 Å². The summed E-state index contributed by atoms with van der Waals surface area (Å²) in [5.74, 6) is -0.340. The van der Waals surface area contributed by atoms with E-state index in [1.807, 2.05) is 26.0 Å². The van der Waals surface area contributed by atoms with Gasteiger partial charge in [-0.25, -0.2) is 4.79 Å². The van der Waals surface area contributed by atoms with E-state index in [0.717, 1.165) is 16.9 Å². The quantitative estimate of drug-likeness (QED) is 0.807. The summed E-state index contributed by atoms with van der Waals surface area (Å²) in [5.41, 5.74) is 1.66. The van der Waals surface area contributed by atoms with Crippen LogP contribution in [0, 0.1) is 6.92 Å². The van der Waals surface area contributed by atoms with Crippen molar-refractivity contribution in [3.63, 3.8) is 0 Å². The van der Waals surface area contributed by atoms with Gasteiger partial charge >= 0.3 is 5.97 Å². The number of hydrogen-bond donors (Lipinski definition) is 1. The molecule has 0 saturated carbocycles. The minimum atomic E-state index is -0.908. The van der Waals surface area contributed by atoms with Crippen LogP contribution in [0.2, 0.25) is 0 Å². The van der Waals surface area contributed by atoms with Crippen LogP contribution < -0.4 is 10.1 Å². The van der Waals surface area contributed by atoms with E-state index in [0.29, 0.717) is 16.3 Å². The highest BCUT2D eigenvalue weighted by Gasteiger charge is 2.21. The molecule has 1 atom stereocenters. The number of benzene rings is 1. The number of methoxy groups -OCH3 is 1. The van der Waals surface area contributed by atoms with Gasteiger partial charge in [-0.15, -0.1) is 11.3 Å². The fraction of sp³-hybridized carbons (Fsp3) is 0.333. The van der Waals surface area contributed by atoms with E-state index in [1.165, 1.54) is 18.4 Å². The Labute approximate surface area is 145 Å². The molecule has 24 heavy (non-hydrogen) atoms. The standard InChI is InChI=1S/C18H21NO4S/c1-5-13-10-16(24-12(13)3)18(21)23-11(2)17(20)19-14-8-6-7-9-15(14)22-4/h6-11H,5H2,1-4H3,(H,19,20)/t11-/m0/s1. The number of anilines is 1. The van der Waals surface area contributed by atoms with Crippen LogP contribution in [0.25, 0.3) is 0 Å². The second-order valence-electron chi connectivity index (χ2n) is 5.28. The highest BCUT2D eigenvalue weighted by molar-refractivity contribution is 7.14. The fourth-order valence-electron chi connectivity index (χ4n) is 2.23. The number of carbonyl (C=O) groups excluding carboxylic acids is 2. The van der Waals surface area contributed by atoms with Crippen molar-refractivity contribution in [2.45, 2.75) is 33.3 Å².